The number of hydrogen-bond donors (Lipinski definition) is 0. The van der Waals surface area contributed by atoms with Crippen LogP contribution in [0.1, 0.15) is 130 Å². The SMILES string of the molecule is CCc1ccc2c(c1-c1ccc(C(C)(C)C)cc1)C=C(c1ccc(C)o1)[CH]2[Zr]([Cl])([Cl])([CH]1C(c2ccc(C)o2)=Cc2c1ccc(CC)c2-c1ccc(C(C)(C)C)cc1)=[Si](C)C. The van der Waals surface area contributed by atoms with Gasteiger partial charge in [-0.3, -0.25) is 0 Å². The van der Waals surface area contributed by atoms with Crippen molar-refractivity contribution >= 4 is 45.8 Å². The van der Waals surface area contributed by atoms with Crippen molar-refractivity contribution in [2.75, 3.05) is 0 Å². The van der Waals surface area contributed by atoms with Gasteiger partial charge in [0.25, 0.3) is 0 Å². The number of rotatable bonds is 8. The molecule has 2 nitrogen and oxygen atoms in total. The Labute approximate surface area is 366 Å². The van der Waals surface area contributed by atoms with Gasteiger partial charge < -0.3 is 0 Å². The van der Waals surface area contributed by atoms with Crippen molar-refractivity contribution in [3.63, 3.8) is 0 Å². The second-order valence-corrected chi connectivity index (χ2v) is 58.4. The van der Waals surface area contributed by atoms with E-state index in [9.17, 15) is 0 Å². The van der Waals surface area contributed by atoms with Gasteiger partial charge in [0.05, 0.1) is 0 Å². The van der Waals surface area contributed by atoms with Gasteiger partial charge >= 0.3 is 370 Å². The van der Waals surface area contributed by atoms with Crippen molar-refractivity contribution in [2.24, 2.45) is 0 Å². The fourth-order valence-corrected chi connectivity index (χ4v) is 37.7. The maximum atomic E-state index is 9.04. The summed E-state index contributed by atoms with van der Waals surface area (Å²) in [7, 11) is 18.1. The zero-order chi connectivity index (χ0) is 43.1. The molecule has 2 aliphatic carbocycles. The summed E-state index contributed by atoms with van der Waals surface area (Å²) in [6.45, 7) is 26.9. The van der Waals surface area contributed by atoms with Crippen LogP contribution in [-0.4, -0.2) is 5.43 Å². The molecule has 8 rings (SSSR count). The molecule has 0 spiro atoms. The van der Waals surface area contributed by atoms with Crippen LogP contribution < -0.4 is 0 Å². The van der Waals surface area contributed by atoms with Crippen LogP contribution in [0.15, 0.2) is 106 Å². The first-order valence-corrected chi connectivity index (χ1v) is 37.1. The van der Waals surface area contributed by atoms with Crippen LogP contribution in [-0.2, 0) is 38.7 Å². The number of allylic oxidation sites excluding steroid dienone is 2. The summed E-state index contributed by atoms with van der Waals surface area (Å²) in [5, 5.41) is 0. The predicted molar refractivity (Wildman–Crippen MR) is 257 cm³/mol. The Kier molecular flexibility index (Phi) is 11.1. The van der Waals surface area contributed by atoms with Crippen molar-refractivity contribution in [3.8, 4) is 22.3 Å². The van der Waals surface area contributed by atoms with Gasteiger partial charge in [-0.2, -0.15) is 0 Å². The van der Waals surface area contributed by atoms with E-state index in [4.69, 9.17) is 25.9 Å². The van der Waals surface area contributed by atoms with E-state index < -0.39 is 20.4 Å². The monoisotopic (exact) mass is 928 g/mol. The third-order valence-electron chi connectivity index (χ3n) is 13.5. The summed E-state index contributed by atoms with van der Waals surface area (Å²) in [4.78, 5) is 0. The molecule has 6 aromatic rings. The molecule has 0 aliphatic heterocycles. The van der Waals surface area contributed by atoms with Crippen molar-refractivity contribution < 1.29 is 23.8 Å². The van der Waals surface area contributed by atoms with Crippen molar-refractivity contribution in [2.45, 2.75) is 113 Å². The molecule has 0 amide bonds. The molecule has 2 unspecified atom stereocenters. The predicted octanol–water partition coefficient (Wildman–Crippen LogP) is 16.7. The van der Waals surface area contributed by atoms with Gasteiger partial charge in [0.2, 0.25) is 0 Å². The first-order valence-electron chi connectivity index (χ1n) is 21.7. The first-order chi connectivity index (χ1) is 28.3. The number of hydrogen-bond acceptors (Lipinski definition) is 2. The number of furan rings is 2. The maximum absolute atomic E-state index is 9.04. The molecule has 4 aromatic carbocycles. The van der Waals surface area contributed by atoms with Crippen LogP contribution in [0.5, 0.6) is 0 Å². The molecule has 0 saturated heterocycles. The molecule has 2 aromatic heterocycles. The summed E-state index contributed by atoms with van der Waals surface area (Å²) in [5.41, 5.74) is 16.0. The van der Waals surface area contributed by atoms with E-state index >= 15 is 0 Å². The van der Waals surface area contributed by atoms with Gasteiger partial charge in [-0.05, 0) is 0 Å². The van der Waals surface area contributed by atoms with Crippen molar-refractivity contribution in [1.29, 1.82) is 0 Å². The minimum atomic E-state index is -5.42. The number of benzene rings is 4. The molecule has 310 valence electrons. The molecule has 2 aliphatic rings. The van der Waals surface area contributed by atoms with E-state index in [1.54, 1.807) is 0 Å². The molecule has 2 atom stereocenters. The van der Waals surface area contributed by atoms with Crippen molar-refractivity contribution in [1.82, 2.24) is 0 Å². The van der Waals surface area contributed by atoms with Crippen LogP contribution in [0, 0.1) is 13.8 Å². The summed E-state index contributed by atoms with van der Waals surface area (Å²) in [5.74, 6) is 3.45. The second kappa shape index (κ2) is 15.4. The minimum absolute atomic E-state index is 0.0569. The number of halogens is 2. The van der Waals surface area contributed by atoms with E-state index in [-0.39, 0.29) is 18.1 Å². The third kappa shape index (κ3) is 7.10. The van der Waals surface area contributed by atoms with Gasteiger partial charge in [0.15, 0.2) is 0 Å². The zero-order valence-corrected chi connectivity index (χ0v) is 42.5. The average molecular weight is 931 g/mol. The molecule has 2 heterocycles. The van der Waals surface area contributed by atoms with Crippen LogP contribution >= 0.6 is 17.0 Å². The third-order valence-corrected chi connectivity index (χ3v) is 59.7. The van der Waals surface area contributed by atoms with E-state index in [0.717, 1.165) is 47.0 Å². The molecular formula is C54H60Cl2O2SiZr. The quantitative estimate of drug-likeness (QED) is 0.142. The molecule has 0 radical (unpaired) electrons. The Morgan fingerprint density at radius 1 is 0.533 bits per heavy atom. The van der Waals surface area contributed by atoms with Gasteiger partial charge in [-0.15, -0.1) is 0 Å². The Balaban J connectivity index is 1.43. The average Bonchev–Trinajstić information content (AvgIpc) is 4.01. The number of fused-ring (bicyclic) bond motifs is 2. The summed E-state index contributed by atoms with van der Waals surface area (Å²) in [6.07, 6.45) is 6.61. The zero-order valence-electron chi connectivity index (χ0n) is 37.5. The summed E-state index contributed by atoms with van der Waals surface area (Å²) >= 11 is -5.42. The van der Waals surface area contributed by atoms with E-state index in [0.29, 0.717) is 0 Å². The molecule has 6 heteroatoms. The van der Waals surface area contributed by atoms with Gasteiger partial charge in [-0.1, -0.05) is 0 Å². The molecule has 0 N–H and O–H groups in total. The molecule has 0 bridgehead atoms. The van der Waals surface area contributed by atoms with Crippen LogP contribution in [0.4, 0.5) is 0 Å². The molecule has 0 saturated carbocycles. The van der Waals surface area contributed by atoms with Crippen molar-refractivity contribution in [3.05, 3.63) is 165 Å². The van der Waals surface area contributed by atoms with Gasteiger partial charge in [0.1, 0.15) is 0 Å². The fraction of sp³-hybridized carbons (Fsp3) is 0.333. The Bertz CT molecular complexity index is 2600. The Hall–Kier alpha value is -3.40. The summed E-state index contributed by atoms with van der Waals surface area (Å²) in [6, 6.07) is 36.2. The van der Waals surface area contributed by atoms with E-state index in [1.807, 2.05) is 13.8 Å². The van der Waals surface area contributed by atoms with Gasteiger partial charge in [-0.25, -0.2) is 0 Å². The van der Waals surface area contributed by atoms with E-state index in [2.05, 4.69) is 178 Å². The topological polar surface area (TPSA) is 26.3 Å². The first kappa shape index (κ1) is 43.3. The molecule has 60 heavy (non-hydrogen) atoms. The summed E-state index contributed by atoms with van der Waals surface area (Å²) < 4.78 is 12.8. The normalized spacial score (nSPS) is 16.8. The van der Waals surface area contributed by atoms with Gasteiger partial charge in [0, 0.05) is 0 Å². The van der Waals surface area contributed by atoms with Crippen LogP contribution in [0.25, 0.3) is 45.6 Å². The Morgan fingerprint density at radius 2 is 0.900 bits per heavy atom. The van der Waals surface area contributed by atoms with E-state index in [1.165, 1.54) is 66.8 Å². The molecular weight excluding hydrogens is 871 g/mol. The standard InChI is InChI=1S/2C26H27O.C2H6Si.2ClH.Zr/c2*1-6-18-8-9-20-15-21(24-14-7-17(2)27-24)16-23(20)25(18)19-10-12-22(13-11-19)26(3,4)5;1-3-2;;;/h2*7-16H,6H2,1-5H3;1-2H3;2*1H;/q;;;;;+2/p-2. The van der Waals surface area contributed by atoms with Crippen LogP contribution in [0.3, 0.4) is 0 Å². The second-order valence-electron chi connectivity index (χ2n) is 19.6. The number of aryl methyl sites for hydroxylation is 4. The fourth-order valence-electron chi connectivity index (χ4n) is 10.0. The molecule has 0 fully saturated rings. The Morgan fingerprint density at radius 3 is 1.18 bits per heavy atom. The van der Waals surface area contributed by atoms with Crippen LogP contribution in [0.2, 0.25) is 13.1 Å².